The van der Waals surface area contributed by atoms with E-state index in [0.29, 0.717) is 19.3 Å². The van der Waals surface area contributed by atoms with E-state index in [-0.39, 0.29) is 44.0 Å². The van der Waals surface area contributed by atoms with Gasteiger partial charge in [-0.3, -0.25) is 14.4 Å². The molecule has 0 amide bonds. The van der Waals surface area contributed by atoms with Crippen molar-refractivity contribution in [3.63, 3.8) is 0 Å². The summed E-state index contributed by atoms with van der Waals surface area (Å²) in [6, 6.07) is 0. The molecule has 0 aliphatic carbocycles. The van der Waals surface area contributed by atoms with E-state index in [9.17, 15) is 14.4 Å². The molecule has 0 fully saturated rings. The van der Waals surface area contributed by atoms with Gasteiger partial charge in [-0.2, -0.15) is 0 Å². The van der Waals surface area contributed by atoms with Gasteiger partial charge in [-0.1, -0.05) is 223 Å². The average Bonchev–Trinajstić information content (AvgIpc) is 3.39. The Labute approximate surface area is 447 Å². The van der Waals surface area contributed by atoms with E-state index in [1.165, 1.54) is 19.3 Å². The number of esters is 3. The predicted molar refractivity (Wildman–Crippen MR) is 315 cm³/mol. The maximum atomic E-state index is 12.8. The van der Waals surface area contributed by atoms with Crippen LogP contribution in [-0.2, 0) is 28.6 Å². The third-order valence-electron chi connectivity index (χ3n) is 11.2. The van der Waals surface area contributed by atoms with Gasteiger partial charge in [0, 0.05) is 19.3 Å². The highest BCUT2D eigenvalue weighted by molar-refractivity contribution is 5.71. The summed E-state index contributed by atoms with van der Waals surface area (Å²) in [5.74, 6) is -1.05. The molecule has 0 saturated heterocycles. The molecular formula is C67H102O6. The van der Waals surface area contributed by atoms with Crippen molar-refractivity contribution in [3.05, 3.63) is 170 Å². The predicted octanol–water partition coefficient (Wildman–Crippen LogP) is 19.5. The molecule has 0 rings (SSSR count). The zero-order chi connectivity index (χ0) is 52.9. The maximum absolute atomic E-state index is 12.8. The zero-order valence-corrected chi connectivity index (χ0v) is 46.3. The van der Waals surface area contributed by atoms with E-state index in [4.69, 9.17) is 14.2 Å². The van der Waals surface area contributed by atoms with Crippen LogP contribution < -0.4 is 0 Å². The standard InChI is InChI=1S/C67H102O6/c1-4-7-10-13-16-19-22-24-26-28-30-32-33-35-36-38-40-42-45-48-51-54-57-60-66(69)72-63-64(62-71-65(68)59-56-53-50-47-44-21-18-15-12-9-6-3)73-67(70)61-58-55-52-49-46-43-41-39-37-34-31-29-27-25-23-20-17-14-11-8-5-2/h7-8,10-11,15-20,24-27,30-32,34-36,39-42,46,48-49,51,64H,4-6,9,12-14,21-23,28-29,33,37-38,43-45,47,50,52-63H2,1-3H3/b10-7-,11-8-,18-15-,19-16-,20-17-,26-24-,27-25-,32-30-,34-31-,36-35-,41-39-,42-40-,49-46-,51-48-. The topological polar surface area (TPSA) is 78.9 Å². The number of carbonyl (C=O) groups is 3. The van der Waals surface area contributed by atoms with Crippen molar-refractivity contribution in [2.24, 2.45) is 0 Å². The molecule has 0 spiro atoms. The molecule has 0 heterocycles. The van der Waals surface area contributed by atoms with Crippen molar-refractivity contribution in [1.29, 1.82) is 0 Å². The maximum Gasteiger partial charge on any atom is 0.306 e. The highest BCUT2D eigenvalue weighted by atomic mass is 16.6. The lowest BCUT2D eigenvalue weighted by molar-refractivity contribution is -0.167. The van der Waals surface area contributed by atoms with Crippen LogP contribution in [0.3, 0.4) is 0 Å². The number of allylic oxidation sites excluding steroid dienone is 28. The van der Waals surface area contributed by atoms with Crippen LogP contribution in [0.15, 0.2) is 170 Å². The highest BCUT2D eigenvalue weighted by Crippen LogP contribution is 2.11. The van der Waals surface area contributed by atoms with Crippen LogP contribution in [0.2, 0.25) is 0 Å². The zero-order valence-electron chi connectivity index (χ0n) is 46.3. The Balaban J connectivity index is 4.57. The van der Waals surface area contributed by atoms with Crippen LogP contribution in [0.5, 0.6) is 0 Å². The molecule has 0 radical (unpaired) electrons. The number of carbonyl (C=O) groups excluding carboxylic acids is 3. The van der Waals surface area contributed by atoms with Crippen molar-refractivity contribution >= 4 is 17.9 Å². The second-order valence-electron chi connectivity index (χ2n) is 18.1. The third kappa shape index (κ3) is 57.5. The van der Waals surface area contributed by atoms with E-state index >= 15 is 0 Å². The Hall–Kier alpha value is -5.23. The van der Waals surface area contributed by atoms with E-state index in [1.807, 2.05) is 0 Å². The molecule has 1 unspecified atom stereocenters. The first kappa shape index (κ1) is 67.8. The number of hydrogen-bond donors (Lipinski definition) is 0. The molecule has 0 N–H and O–H groups in total. The normalized spacial score (nSPS) is 13.4. The average molecular weight is 1000 g/mol. The number of unbranched alkanes of at least 4 members (excludes halogenated alkanes) is 10. The minimum absolute atomic E-state index is 0.127. The summed E-state index contributed by atoms with van der Waals surface area (Å²) in [4.78, 5) is 38.1. The van der Waals surface area contributed by atoms with Gasteiger partial charge >= 0.3 is 17.9 Å². The molecule has 0 saturated carbocycles. The van der Waals surface area contributed by atoms with Crippen LogP contribution in [-0.4, -0.2) is 37.2 Å². The fourth-order valence-corrected chi connectivity index (χ4v) is 6.94. The molecule has 1 atom stereocenters. The molecule has 6 heteroatoms. The Morgan fingerprint density at radius 3 is 0.932 bits per heavy atom. The second-order valence-corrected chi connectivity index (χ2v) is 18.1. The summed E-state index contributed by atoms with van der Waals surface area (Å²) in [6.07, 6.45) is 87.8. The molecule has 406 valence electrons. The van der Waals surface area contributed by atoms with Crippen LogP contribution in [0, 0.1) is 0 Å². The van der Waals surface area contributed by atoms with Gasteiger partial charge in [0.15, 0.2) is 6.10 Å². The van der Waals surface area contributed by atoms with E-state index < -0.39 is 6.10 Å². The van der Waals surface area contributed by atoms with Gasteiger partial charge in [-0.25, -0.2) is 0 Å². The summed E-state index contributed by atoms with van der Waals surface area (Å²) in [7, 11) is 0. The number of hydrogen-bond acceptors (Lipinski definition) is 6. The van der Waals surface area contributed by atoms with E-state index in [0.717, 1.165) is 141 Å². The molecule has 0 aromatic rings. The first-order valence-electron chi connectivity index (χ1n) is 28.6. The molecule has 0 aromatic carbocycles. The molecule has 0 bridgehead atoms. The molecule has 6 nitrogen and oxygen atoms in total. The lowest BCUT2D eigenvalue weighted by Gasteiger charge is -2.18. The fraction of sp³-hybridized carbons (Fsp3) is 0.537. The van der Waals surface area contributed by atoms with Crippen molar-refractivity contribution in [3.8, 4) is 0 Å². The monoisotopic (exact) mass is 1000 g/mol. The van der Waals surface area contributed by atoms with Gasteiger partial charge in [0.1, 0.15) is 13.2 Å². The molecule has 0 aromatic heterocycles. The summed E-state index contributed by atoms with van der Waals surface area (Å²) in [5, 5.41) is 0. The molecule has 0 aliphatic heterocycles. The van der Waals surface area contributed by atoms with Crippen molar-refractivity contribution in [2.75, 3.05) is 13.2 Å². The Morgan fingerprint density at radius 1 is 0.288 bits per heavy atom. The van der Waals surface area contributed by atoms with E-state index in [1.54, 1.807) is 0 Å². The first-order valence-corrected chi connectivity index (χ1v) is 28.6. The molecule has 0 aliphatic rings. The summed E-state index contributed by atoms with van der Waals surface area (Å²) < 4.78 is 16.7. The number of rotatable bonds is 49. The summed E-state index contributed by atoms with van der Waals surface area (Å²) >= 11 is 0. The highest BCUT2D eigenvalue weighted by Gasteiger charge is 2.19. The van der Waals surface area contributed by atoms with Gasteiger partial charge in [-0.15, -0.1) is 0 Å². The van der Waals surface area contributed by atoms with Gasteiger partial charge < -0.3 is 14.2 Å². The van der Waals surface area contributed by atoms with Gasteiger partial charge in [0.2, 0.25) is 0 Å². The van der Waals surface area contributed by atoms with Crippen molar-refractivity contribution in [1.82, 2.24) is 0 Å². The number of ether oxygens (including phenoxy) is 3. The summed E-state index contributed by atoms with van der Waals surface area (Å²) in [6.45, 7) is 6.25. The molecular weight excluding hydrogens is 901 g/mol. The minimum atomic E-state index is -0.838. The fourth-order valence-electron chi connectivity index (χ4n) is 6.94. The van der Waals surface area contributed by atoms with E-state index in [2.05, 4.69) is 191 Å². The Kier molecular flexibility index (Phi) is 55.1. The Morgan fingerprint density at radius 2 is 0.548 bits per heavy atom. The smallest absolute Gasteiger partial charge is 0.306 e. The van der Waals surface area contributed by atoms with Crippen LogP contribution in [0.4, 0.5) is 0 Å². The Bertz CT molecular complexity index is 1720. The first-order chi connectivity index (χ1) is 36.0. The van der Waals surface area contributed by atoms with Crippen LogP contribution in [0.1, 0.15) is 213 Å². The second kappa shape index (κ2) is 59.3. The molecule has 73 heavy (non-hydrogen) atoms. The minimum Gasteiger partial charge on any atom is -0.462 e. The summed E-state index contributed by atoms with van der Waals surface area (Å²) in [5.41, 5.74) is 0. The van der Waals surface area contributed by atoms with Crippen LogP contribution >= 0.6 is 0 Å². The van der Waals surface area contributed by atoms with Gasteiger partial charge in [-0.05, 0) is 141 Å². The quantitative estimate of drug-likeness (QED) is 0.0261. The SMILES string of the molecule is CC/C=C\C/C=C\C/C=C\C/C=C\C/C=C\C/C=C\C/C=C\CCCC(=O)OCC(COC(=O)CCCCCCC/C=C\CCCC)OC(=O)CCCC/C=C\C/C=C\C/C=C\C/C=C\C/C=C\C/C=C\CC. The van der Waals surface area contributed by atoms with Crippen molar-refractivity contribution < 1.29 is 28.6 Å². The van der Waals surface area contributed by atoms with Gasteiger partial charge in [0.05, 0.1) is 0 Å². The van der Waals surface area contributed by atoms with Crippen LogP contribution in [0.25, 0.3) is 0 Å². The lowest BCUT2D eigenvalue weighted by Crippen LogP contribution is -2.30. The largest absolute Gasteiger partial charge is 0.462 e. The third-order valence-corrected chi connectivity index (χ3v) is 11.2. The lowest BCUT2D eigenvalue weighted by atomic mass is 10.1. The van der Waals surface area contributed by atoms with Crippen molar-refractivity contribution in [2.45, 2.75) is 219 Å². The van der Waals surface area contributed by atoms with Gasteiger partial charge in [0.25, 0.3) is 0 Å².